The smallest absolute Gasteiger partial charge is 0.348 e. The lowest BCUT2D eigenvalue weighted by Crippen LogP contribution is -2.13. The third kappa shape index (κ3) is 3.96. The molecule has 30 heavy (non-hydrogen) atoms. The molecule has 150 valence electrons. The Labute approximate surface area is 173 Å². The second kappa shape index (κ2) is 8.25. The zero-order valence-electron chi connectivity index (χ0n) is 16.6. The molecule has 5 nitrogen and oxygen atoms in total. The van der Waals surface area contributed by atoms with Crippen molar-refractivity contribution in [2.45, 2.75) is 20.0 Å². The van der Waals surface area contributed by atoms with E-state index >= 15 is 0 Å². The molecule has 4 aromatic rings. The fourth-order valence-corrected chi connectivity index (χ4v) is 3.17. The first-order valence-electron chi connectivity index (χ1n) is 9.63. The maximum atomic E-state index is 12.9. The second-order valence-corrected chi connectivity index (χ2v) is 7.04. The van der Waals surface area contributed by atoms with E-state index in [9.17, 15) is 9.59 Å². The van der Waals surface area contributed by atoms with Gasteiger partial charge in [-0.15, -0.1) is 0 Å². The van der Waals surface area contributed by atoms with Gasteiger partial charge in [0, 0.05) is 0 Å². The molecule has 3 aromatic carbocycles. The van der Waals surface area contributed by atoms with Crippen molar-refractivity contribution in [2.24, 2.45) is 0 Å². The quantitative estimate of drug-likeness (QED) is 0.328. The number of fused-ring (bicyclic) bond motifs is 1. The number of carbonyl (C=O) groups is 1. The highest BCUT2D eigenvalue weighted by atomic mass is 16.5. The normalized spacial score (nSPS) is 10.9. The molecule has 0 bridgehead atoms. The van der Waals surface area contributed by atoms with E-state index in [0.717, 1.165) is 0 Å². The molecule has 0 saturated carbocycles. The molecule has 0 spiro atoms. The average molecular weight is 400 g/mol. The standard InChI is InChI=1S/C25H20O5/c1-16(2)28-19-14-12-18(13-15-19)24(26)30-23-20-10-6-7-11-21(20)29-25(27)22(23)17-8-4-3-5-9-17/h3-16H,1-2H3. The summed E-state index contributed by atoms with van der Waals surface area (Å²) < 4.78 is 16.8. The highest BCUT2D eigenvalue weighted by Crippen LogP contribution is 2.34. The maximum absolute atomic E-state index is 12.9. The Morgan fingerprint density at radius 2 is 1.53 bits per heavy atom. The first-order chi connectivity index (χ1) is 14.5. The molecule has 0 atom stereocenters. The van der Waals surface area contributed by atoms with Crippen molar-refractivity contribution < 1.29 is 18.7 Å². The average Bonchev–Trinajstić information content (AvgIpc) is 2.74. The molecule has 0 amide bonds. The second-order valence-electron chi connectivity index (χ2n) is 7.04. The van der Waals surface area contributed by atoms with Gasteiger partial charge >= 0.3 is 11.6 Å². The van der Waals surface area contributed by atoms with Crippen LogP contribution in [0, 0.1) is 0 Å². The summed E-state index contributed by atoms with van der Waals surface area (Å²) in [5.74, 6) is 0.275. The van der Waals surface area contributed by atoms with E-state index in [1.54, 1.807) is 60.7 Å². The lowest BCUT2D eigenvalue weighted by molar-refractivity contribution is 0.0737. The van der Waals surface area contributed by atoms with Crippen LogP contribution in [-0.4, -0.2) is 12.1 Å². The summed E-state index contributed by atoms with van der Waals surface area (Å²) in [6, 6.07) is 22.7. The minimum atomic E-state index is -0.570. The van der Waals surface area contributed by atoms with Crippen LogP contribution >= 0.6 is 0 Å². The van der Waals surface area contributed by atoms with Crippen LogP contribution in [-0.2, 0) is 0 Å². The van der Waals surface area contributed by atoms with Crippen LogP contribution in [0.3, 0.4) is 0 Å². The summed E-state index contributed by atoms with van der Waals surface area (Å²) >= 11 is 0. The van der Waals surface area contributed by atoms with Crippen LogP contribution in [0.25, 0.3) is 22.1 Å². The van der Waals surface area contributed by atoms with Crippen LogP contribution in [0.1, 0.15) is 24.2 Å². The van der Waals surface area contributed by atoms with E-state index < -0.39 is 11.6 Å². The summed E-state index contributed by atoms with van der Waals surface area (Å²) in [5.41, 5.74) is 0.958. The van der Waals surface area contributed by atoms with Gasteiger partial charge in [-0.3, -0.25) is 0 Å². The van der Waals surface area contributed by atoms with Crippen molar-refractivity contribution in [3.63, 3.8) is 0 Å². The van der Waals surface area contributed by atoms with Gasteiger partial charge in [0.15, 0.2) is 5.75 Å². The van der Waals surface area contributed by atoms with Gasteiger partial charge < -0.3 is 13.9 Å². The Bertz CT molecular complexity index is 1240. The van der Waals surface area contributed by atoms with E-state index in [4.69, 9.17) is 13.9 Å². The highest BCUT2D eigenvalue weighted by Gasteiger charge is 2.21. The Balaban J connectivity index is 1.78. The topological polar surface area (TPSA) is 65.7 Å². The molecular weight excluding hydrogens is 380 g/mol. The molecule has 0 saturated heterocycles. The third-order valence-electron chi connectivity index (χ3n) is 4.48. The Morgan fingerprint density at radius 3 is 2.23 bits per heavy atom. The fourth-order valence-electron chi connectivity index (χ4n) is 3.17. The molecule has 0 unspecified atom stereocenters. The minimum Gasteiger partial charge on any atom is -0.491 e. The van der Waals surface area contributed by atoms with E-state index in [1.807, 2.05) is 32.0 Å². The van der Waals surface area contributed by atoms with Gasteiger partial charge in [-0.05, 0) is 55.8 Å². The molecule has 0 fully saturated rings. The van der Waals surface area contributed by atoms with Gasteiger partial charge in [0.1, 0.15) is 16.9 Å². The SMILES string of the molecule is CC(C)Oc1ccc(C(=O)Oc2c(-c3ccccc3)c(=O)oc3ccccc23)cc1. The van der Waals surface area contributed by atoms with Crippen LogP contribution < -0.4 is 15.1 Å². The van der Waals surface area contributed by atoms with Crippen molar-refractivity contribution in [1.82, 2.24) is 0 Å². The molecule has 4 rings (SSSR count). The number of para-hydroxylation sites is 1. The van der Waals surface area contributed by atoms with Crippen molar-refractivity contribution in [2.75, 3.05) is 0 Å². The van der Waals surface area contributed by atoms with Gasteiger partial charge in [0.05, 0.1) is 17.1 Å². The minimum absolute atomic E-state index is 0.0335. The summed E-state index contributed by atoms with van der Waals surface area (Å²) in [6.45, 7) is 3.86. The van der Waals surface area contributed by atoms with Crippen LogP contribution in [0.4, 0.5) is 0 Å². The summed E-state index contributed by atoms with van der Waals surface area (Å²) in [4.78, 5) is 25.6. The molecule has 0 aliphatic carbocycles. The zero-order valence-corrected chi connectivity index (χ0v) is 16.6. The number of benzene rings is 3. The third-order valence-corrected chi connectivity index (χ3v) is 4.48. The maximum Gasteiger partial charge on any atom is 0.348 e. The molecule has 1 heterocycles. The molecule has 0 aliphatic heterocycles. The molecule has 0 N–H and O–H groups in total. The van der Waals surface area contributed by atoms with E-state index in [0.29, 0.717) is 27.8 Å². The van der Waals surface area contributed by atoms with Crippen molar-refractivity contribution in [3.8, 4) is 22.6 Å². The number of ether oxygens (including phenoxy) is 2. The molecular formula is C25H20O5. The van der Waals surface area contributed by atoms with E-state index in [1.165, 1.54) is 0 Å². The first kappa shape index (κ1) is 19.5. The molecule has 0 radical (unpaired) electrons. The van der Waals surface area contributed by atoms with E-state index in [-0.39, 0.29) is 17.4 Å². The Kier molecular flexibility index (Phi) is 5.35. The van der Waals surface area contributed by atoms with Gasteiger partial charge in [0.2, 0.25) is 0 Å². The molecule has 1 aromatic heterocycles. The summed E-state index contributed by atoms with van der Waals surface area (Å²) in [5, 5.41) is 0.545. The molecule has 5 heteroatoms. The lowest BCUT2D eigenvalue weighted by atomic mass is 10.0. The predicted molar refractivity (Wildman–Crippen MR) is 115 cm³/mol. The Hall–Kier alpha value is -3.86. The lowest BCUT2D eigenvalue weighted by Gasteiger charge is -2.13. The first-order valence-corrected chi connectivity index (χ1v) is 9.63. The monoisotopic (exact) mass is 400 g/mol. The van der Waals surface area contributed by atoms with Crippen molar-refractivity contribution in [3.05, 3.63) is 94.8 Å². The van der Waals surface area contributed by atoms with Crippen LogP contribution in [0.5, 0.6) is 11.5 Å². The summed E-state index contributed by atoms with van der Waals surface area (Å²) in [7, 11) is 0. The number of rotatable bonds is 5. The Morgan fingerprint density at radius 1 is 0.867 bits per heavy atom. The van der Waals surface area contributed by atoms with Crippen LogP contribution in [0.2, 0.25) is 0 Å². The number of carbonyl (C=O) groups excluding carboxylic acids is 1. The number of esters is 1. The van der Waals surface area contributed by atoms with Crippen molar-refractivity contribution in [1.29, 1.82) is 0 Å². The summed E-state index contributed by atoms with van der Waals surface area (Å²) in [6.07, 6.45) is 0.0335. The number of hydrogen-bond donors (Lipinski definition) is 0. The van der Waals surface area contributed by atoms with Gasteiger partial charge in [0.25, 0.3) is 0 Å². The van der Waals surface area contributed by atoms with Gasteiger partial charge in [-0.25, -0.2) is 9.59 Å². The zero-order chi connectivity index (χ0) is 21.1. The van der Waals surface area contributed by atoms with Crippen LogP contribution in [0.15, 0.2) is 88.1 Å². The van der Waals surface area contributed by atoms with Gasteiger partial charge in [-0.2, -0.15) is 0 Å². The largest absolute Gasteiger partial charge is 0.491 e. The highest BCUT2D eigenvalue weighted by molar-refractivity contribution is 5.97. The molecule has 0 aliphatic rings. The van der Waals surface area contributed by atoms with E-state index in [2.05, 4.69) is 0 Å². The predicted octanol–water partition coefficient (Wildman–Crippen LogP) is 5.47. The number of hydrogen-bond acceptors (Lipinski definition) is 5. The van der Waals surface area contributed by atoms with Crippen molar-refractivity contribution >= 4 is 16.9 Å². The fraction of sp³-hybridized carbons (Fsp3) is 0.120. The van der Waals surface area contributed by atoms with Gasteiger partial charge in [-0.1, -0.05) is 42.5 Å².